The van der Waals surface area contributed by atoms with Crippen molar-refractivity contribution < 1.29 is 27.4 Å². The number of fused-ring (bicyclic) bond motifs is 1. The number of aliphatic hydroxyl groups excluding tert-OH is 1. The minimum Gasteiger partial charge on any atom is -0.461 e. The number of rotatable bonds is 7. The SMILES string of the molecule is CC(F)Oc1cccc(-n2nc([C@H](O)C3CC3)c3cc(C(=O)NC4(C)CS(=O)(=O)C4)ccc32)c1. The molecule has 0 radical (unpaired) electrons. The molecule has 3 aromatic rings. The topological polar surface area (TPSA) is 111 Å². The molecule has 0 bridgehead atoms. The number of alkyl halides is 1. The van der Waals surface area contributed by atoms with Crippen LogP contribution in [0.1, 0.15) is 48.8 Å². The van der Waals surface area contributed by atoms with Crippen molar-refractivity contribution in [1.29, 1.82) is 0 Å². The van der Waals surface area contributed by atoms with Gasteiger partial charge < -0.3 is 15.2 Å². The predicted molar refractivity (Wildman–Crippen MR) is 124 cm³/mol. The van der Waals surface area contributed by atoms with Gasteiger partial charge in [0, 0.05) is 23.9 Å². The molecular formula is C24H26FN3O5S. The quantitative estimate of drug-likeness (QED) is 0.530. The number of nitrogens with zero attached hydrogens (tertiary/aromatic N) is 2. The molecule has 1 unspecified atom stereocenters. The molecule has 5 rings (SSSR count). The van der Waals surface area contributed by atoms with E-state index in [1.807, 2.05) is 0 Å². The van der Waals surface area contributed by atoms with Crippen LogP contribution in [-0.4, -0.2) is 52.6 Å². The number of benzene rings is 2. The monoisotopic (exact) mass is 487 g/mol. The Morgan fingerprint density at radius 3 is 2.65 bits per heavy atom. The molecule has 180 valence electrons. The van der Waals surface area contributed by atoms with E-state index in [9.17, 15) is 22.7 Å². The number of carbonyl (C=O) groups is 1. The molecular weight excluding hydrogens is 461 g/mol. The number of ether oxygens (including phenoxy) is 1. The number of amides is 1. The maximum absolute atomic E-state index is 13.3. The summed E-state index contributed by atoms with van der Waals surface area (Å²) in [6, 6.07) is 11.9. The van der Waals surface area contributed by atoms with Crippen molar-refractivity contribution in [2.24, 2.45) is 5.92 Å². The van der Waals surface area contributed by atoms with E-state index >= 15 is 0 Å². The maximum Gasteiger partial charge on any atom is 0.251 e. The molecule has 2 fully saturated rings. The number of sulfone groups is 1. The molecule has 2 N–H and O–H groups in total. The summed E-state index contributed by atoms with van der Waals surface area (Å²) in [6.45, 7) is 3.00. The number of aliphatic hydroxyl groups is 1. The third kappa shape index (κ3) is 4.39. The zero-order chi connectivity index (χ0) is 24.3. The summed E-state index contributed by atoms with van der Waals surface area (Å²) in [5.74, 6) is -0.0995. The number of carbonyl (C=O) groups excluding carboxylic acids is 1. The van der Waals surface area contributed by atoms with Crippen LogP contribution in [0.25, 0.3) is 16.6 Å². The smallest absolute Gasteiger partial charge is 0.251 e. The molecule has 1 aromatic heterocycles. The van der Waals surface area contributed by atoms with Crippen LogP contribution in [0.5, 0.6) is 5.75 Å². The average Bonchev–Trinajstić information content (AvgIpc) is 3.51. The van der Waals surface area contributed by atoms with Gasteiger partial charge in [-0.3, -0.25) is 4.79 Å². The molecule has 34 heavy (non-hydrogen) atoms. The Balaban J connectivity index is 1.53. The molecule has 1 aliphatic heterocycles. The van der Waals surface area contributed by atoms with Crippen LogP contribution in [0, 0.1) is 5.92 Å². The molecule has 1 saturated heterocycles. The molecule has 2 aromatic carbocycles. The fourth-order valence-corrected chi connectivity index (χ4v) is 6.56. The van der Waals surface area contributed by atoms with Gasteiger partial charge in [-0.25, -0.2) is 17.5 Å². The molecule has 1 aliphatic carbocycles. The van der Waals surface area contributed by atoms with E-state index in [1.54, 1.807) is 54.1 Å². The standard InChI is InChI=1S/C24H26FN3O5S/c1-14(25)33-18-5-3-4-17(11-18)28-20-9-8-16(23(30)26-24(2)12-34(31,32)13-24)10-19(20)21(27-28)22(29)15-6-7-15/h3-5,8-11,14-15,22,29H,6-7,12-13H2,1-2H3,(H,26,30)/t14?,22-/m1/s1. The lowest BCUT2D eigenvalue weighted by molar-refractivity contribution is 0.0859. The van der Waals surface area contributed by atoms with Gasteiger partial charge in [0.05, 0.1) is 33.9 Å². The molecule has 2 aliphatic rings. The predicted octanol–water partition coefficient (Wildman–Crippen LogP) is 3.08. The number of hydrogen-bond acceptors (Lipinski definition) is 6. The summed E-state index contributed by atoms with van der Waals surface area (Å²) in [7, 11) is -3.11. The van der Waals surface area contributed by atoms with Crippen LogP contribution in [0.3, 0.4) is 0 Å². The van der Waals surface area contributed by atoms with Crippen LogP contribution >= 0.6 is 0 Å². The van der Waals surface area contributed by atoms with Gasteiger partial charge in [-0.2, -0.15) is 5.10 Å². The number of nitrogens with one attached hydrogen (secondary N) is 1. The van der Waals surface area contributed by atoms with Crippen molar-refractivity contribution in [3.05, 3.63) is 53.7 Å². The van der Waals surface area contributed by atoms with Gasteiger partial charge >= 0.3 is 0 Å². The second-order valence-corrected chi connectivity index (χ2v) is 11.6. The number of hydrogen-bond donors (Lipinski definition) is 2. The van der Waals surface area contributed by atoms with Crippen molar-refractivity contribution in [2.45, 2.75) is 44.7 Å². The van der Waals surface area contributed by atoms with Crippen LogP contribution in [-0.2, 0) is 9.84 Å². The second kappa shape index (κ2) is 8.06. The van der Waals surface area contributed by atoms with E-state index in [0.29, 0.717) is 33.6 Å². The highest BCUT2D eigenvalue weighted by Gasteiger charge is 2.45. The molecule has 0 spiro atoms. The largest absolute Gasteiger partial charge is 0.461 e. The highest BCUT2D eigenvalue weighted by atomic mass is 32.2. The molecule has 2 heterocycles. The van der Waals surface area contributed by atoms with Crippen molar-refractivity contribution in [3.63, 3.8) is 0 Å². The van der Waals surface area contributed by atoms with E-state index < -0.39 is 27.8 Å². The summed E-state index contributed by atoms with van der Waals surface area (Å²) in [5.41, 5.74) is 1.33. The third-order valence-electron chi connectivity index (χ3n) is 6.17. The van der Waals surface area contributed by atoms with Gasteiger partial charge in [-0.05, 0) is 56.0 Å². The molecule has 1 amide bonds. The molecule has 1 saturated carbocycles. The van der Waals surface area contributed by atoms with E-state index in [4.69, 9.17) is 4.74 Å². The van der Waals surface area contributed by atoms with Crippen molar-refractivity contribution in [2.75, 3.05) is 11.5 Å². The Morgan fingerprint density at radius 1 is 1.26 bits per heavy atom. The number of halogens is 1. The Morgan fingerprint density at radius 2 is 2.00 bits per heavy atom. The summed E-state index contributed by atoms with van der Waals surface area (Å²) in [6.07, 6.45) is -0.437. The summed E-state index contributed by atoms with van der Waals surface area (Å²) in [5, 5.41) is 19.0. The lowest BCUT2D eigenvalue weighted by atomic mass is 10.0. The zero-order valence-corrected chi connectivity index (χ0v) is 19.7. The van der Waals surface area contributed by atoms with Crippen LogP contribution in [0.15, 0.2) is 42.5 Å². The minimum absolute atomic E-state index is 0.0898. The summed E-state index contributed by atoms with van der Waals surface area (Å²) < 4.78 is 43.3. The molecule has 2 atom stereocenters. The van der Waals surface area contributed by atoms with Gasteiger partial charge in [-0.1, -0.05) is 6.07 Å². The van der Waals surface area contributed by atoms with Crippen molar-refractivity contribution in [1.82, 2.24) is 15.1 Å². The lowest BCUT2D eigenvalue weighted by Crippen LogP contribution is -2.63. The third-order valence-corrected chi connectivity index (χ3v) is 8.33. The van der Waals surface area contributed by atoms with E-state index in [2.05, 4.69) is 10.4 Å². The summed E-state index contributed by atoms with van der Waals surface area (Å²) in [4.78, 5) is 12.9. The van der Waals surface area contributed by atoms with E-state index in [-0.39, 0.29) is 23.3 Å². The van der Waals surface area contributed by atoms with E-state index in [1.165, 1.54) is 6.92 Å². The Labute approximate surface area is 196 Å². The highest BCUT2D eigenvalue weighted by molar-refractivity contribution is 7.93. The Kier molecular flexibility index (Phi) is 5.40. The number of aromatic nitrogens is 2. The Hall–Kier alpha value is -2.98. The normalized spacial score (nSPS) is 20.4. The van der Waals surface area contributed by atoms with Gasteiger partial charge in [-0.15, -0.1) is 0 Å². The maximum atomic E-state index is 13.3. The van der Waals surface area contributed by atoms with Crippen LogP contribution < -0.4 is 10.1 Å². The highest BCUT2D eigenvalue weighted by Crippen LogP contribution is 2.43. The van der Waals surface area contributed by atoms with Crippen molar-refractivity contribution >= 4 is 26.6 Å². The molecule has 10 heteroatoms. The second-order valence-electron chi connectivity index (χ2n) is 9.52. The van der Waals surface area contributed by atoms with Gasteiger partial charge in [0.1, 0.15) is 11.9 Å². The van der Waals surface area contributed by atoms with Crippen LogP contribution in [0.4, 0.5) is 4.39 Å². The summed E-state index contributed by atoms with van der Waals surface area (Å²) >= 11 is 0. The minimum atomic E-state index is -3.11. The van der Waals surface area contributed by atoms with E-state index in [0.717, 1.165) is 12.8 Å². The fraction of sp³-hybridized carbons (Fsp3) is 0.417. The molecule has 8 nitrogen and oxygen atoms in total. The van der Waals surface area contributed by atoms with Crippen molar-refractivity contribution in [3.8, 4) is 11.4 Å². The first-order valence-corrected chi connectivity index (χ1v) is 13.0. The van der Waals surface area contributed by atoms with Gasteiger partial charge in [0.25, 0.3) is 5.91 Å². The first-order valence-electron chi connectivity index (χ1n) is 11.2. The van der Waals surface area contributed by atoms with Gasteiger partial charge in [0.2, 0.25) is 6.36 Å². The fourth-order valence-electron chi connectivity index (χ4n) is 4.56. The Bertz CT molecular complexity index is 1370. The lowest BCUT2D eigenvalue weighted by Gasteiger charge is -2.38. The van der Waals surface area contributed by atoms with Crippen LogP contribution in [0.2, 0.25) is 0 Å². The zero-order valence-electron chi connectivity index (χ0n) is 18.9. The van der Waals surface area contributed by atoms with Gasteiger partial charge in [0.15, 0.2) is 9.84 Å². The average molecular weight is 488 g/mol. The first-order chi connectivity index (χ1) is 16.0. The first kappa shape index (κ1) is 22.8.